The van der Waals surface area contributed by atoms with Crippen LogP contribution < -0.4 is 5.14 Å². The number of likely N-dealkylation sites (N-methyl/N-ethyl adjacent to an activating group) is 1. The number of allylic oxidation sites excluding steroid dienone is 2. The van der Waals surface area contributed by atoms with Gasteiger partial charge in [0.1, 0.15) is 0 Å². The molecule has 0 aliphatic rings. The van der Waals surface area contributed by atoms with Gasteiger partial charge in [0.15, 0.2) is 0 Å². The number of rotatable bonds is 8. The molecule has 80 valence electrons. The number of nitrogens with zero attached hydrogens (tertiary/aromatic N) is 1. The van der Waals surface area contributed by atoms with Crippen LogP contribution in [0.5, 0.6) is 0 Å². The van der Waals surface area contributed by atoms with Gasteiger partial charge in [0.05, 0.1) is 0 Å². The average Bonchev–Trinajstić information content (AvgIpc) is 2.22. The van der Waals surface area contributed by atoms with Crippen LogP contribution in [-0.4, -0.2) is 30.3 Å². The summed E-state index contributed by atoms with van der Waals surface area (Å²) in [6, 6.07) is 0. The normalized spacial score (nSPS) is 11.8. The minimum absolute atomic E-state index is 0.923. The Morgan fingerprint density at radius 2 is 2.21 bits per heavy atom. The lowest BCUT2D eigenvalue weighted by molar-refractivity contribution is 0.335. The summed E-state index contributed by atoms with van der Waals surface area (Å²) in [6.45, 7) is 12.6. The van der Waals surface area contributed by atoms with Gasteiger partial charge >= 0.3 is 0 Å². The largest absolute Gasteiger partial charge is 0.298 e. The van der Waals surface area contributed by atoms with E-state index < -0.39 is 0 Å². The molecule has 0 heterocycles. The monoisotopic (exact) mass is 212 g/mol. The van der Waals surface area contributed by atoms with Crippen molar-refractivity contribution in [1.82, 2.24) is 4.90 Å². The highest BCUT2D eigenvalue weighted by Gasteiger charge is 2.02. The third-order valence-electron chi connectivity index (χ3n) is 1.97. The molecule has 0 radical (unpaired) electrons. The van der Waals surface area contributed by atoms with Crippen LogP contribution in [0.4, 0.5) is 0 Å². The van der Waals surface area contributed by atoms with E-state index in [1.54, 1.807) is 6.08 Å². The van der Waals surface area contributed by atoms with Crippen molar-refractivity contribution in [2.75, 3.05) is 25.4 Å². The minimum atomic E-state index is 0.923. The minimum Gasteiger partial charge on any atom is -0.298 e. The summed E-state index contributed by atoms with van der Waals surface area (Å²) in [6.07, 6.45) is 5.66. The Kier molecular flexibility index (Phi) is 8.73. The fourth-order valence-corrected chi connectivity index (χ4v) is 1.49. The molecule has 3 heteroatoms. The molecule has 0 amide bonds. The summed E-state index contributed by atoms with van der Waals surface area (Å²) in [4.78, 5) is 2.33. The second kappa shape index (κ2) is 9.06. The number of hydrogen-bond acceptors (Lipinski definition) is 3. The molecule has 0 fully saturated rings. The quantitative estimate of drug-likeness (QED) is 0.494. The van der Waals surface area contributed by atoms with Crippen LogP contribution in [0.1, 0.15) is 6.92 Å². The first-order chi connectivity index (χ1) is 6.78. The highest BCUT2D eigenvalue weighted by molar-refractivity contribution is 7.97. The molecule has 0 spiro atoms. The maximum Gasteiger partial charge on any atom is 0.0233 e. The summed E-state index contributed by atoms with van der Waals surface area (Å²) in [5, 5.41) is 5.39. The zero-order valence-corrected chi connectivity index (χ0v) is 9.72. The number of hydrogen-bond donors (Lipinski definition) is 1. The van der Waals surface area contributed by atoms with Gasteiger partial charge in [-0.05, 0) is 12.1 Å². The molecule has 0 saturated carbocycles. The summed E-state index contributed by atoms with van der Waals surface area (Å²) in [7, 11) is 0. The molecule has 0 aromatic heterocycles. The first kappa shape index (κ1) is 13.5. The highest BCUT2D eigenvalue weighted by Crippen LogP contribution is 2.02. The summed E-state index contributed by atoms with van der Waals surface area (Å²) in [5.74, 6) is 0.965. The molecule has 0 unspecified atom stereocenters. The maximum atomic E-state index is 5.39. The van der Waals surface area contributed by atoms with Gasteiger partial charge in [-0.1, -0.05) is 50.3 Å². The summed E-state index contributed by atoms with van der Waals surface area (Å²) in [5.41, 5.74) is 1.20. The third kappa shape index (κ3) is 6.02. The predicted molar refractivity (Wildman–Crippen MR) is 67.2 cm³/mol. The van der Waals surface area contributed by atoms with Crippen LogP contribution in [0.25, 0.3) is 0 Å². The van der Waals surface area contributed by atoms with Crippen LogP contribution >= 0.6 is 11.9 Å². The molecular formula is C11H20N2S. The fraction of sp³-hybridized carbons (Fsp3) is 0.455. The zero-order valence-electron chi connectivity index (χ0n) is 8.91. The molecule has 2 nitrogen and oxygen atoms in total. The van der Waals surface area contributed by atoms with Crippen molar-refractivity contribution in [2.45, 2.75) is 6.92 Å². The van der Waals surface area contributed by atoms with E-state index in [0.717, 1.165) is 25.4 Å². The van der Waals surface area contributed by atoms with Crippen molar-refractivity contribution >= 4 is 11.9 Å². The molecular weight excluding hydrogens is 192 g/mol. The lowest BCUT2D eigenvalue weighted by atomic mass is 10.2. The van der Waals surface area contributed by atoms with Gasteiger partial charge in [-0.15, -0.1) is 0 Å². The van der Waals surface area contributed by atoms with Crippen molar-refractivity contribution < 1.29 is 0 Å². The molecule has 14 heavy (non-hydrogen) atoms. The van der Waals surface area contributed by atoms with Crippen molar-refractivity contribution in [2.24, 2.45) is 5.14 Å². The molecule has 0 aliphatic heterocycles. The molecule has 0 aromatic rings. The van der Waals surface area contributed by atoms with Crippen molar-refractivity contribution in [3.05, 3.63) is 37.0 Å². The molecule has 0 bridgehead atoms. The number of nitrogens with two attached hydrogens (primary N) is 1. The van der Waals surface area contributed by atoms with E-state index in [0.29, 0.717) is 0 Å². The van der Waals surface area contributed by atoms with Crippen LogP contribution in [0, 0.1) is 0 Å². The zero-order chi connectivity index (χ0) is 10.8. The van der Waals surface area contributed by atoms with E-state index in [9.17, 15) is 0 Å². The standard InChI is InChI=1S/C11H20N2S/c1-4-7-11(5-2)10-13(6-3)8-9-14-12/h4-5,7H,1-2,6,8-10,12H2,3H3/b11-7+. The molecule has 0 atom stereocenters. The van der Waals surface area contributed by atoms with Gasteiger partial charge in [0.25, 0.3) is 0 Å². The van der Waals surface area contributed by atoms with Gasteiger partial charge in [-0.2, -0.15) is 0 Å². The summed E-state index contributed by atoms with van der Waals surface area (Å²) >= 11 is 1.39. The van der Waals surface area contributed by atoms with E-state index in [1.807, 2.05) is 12.2 Å². The Morgan fingerprint density at radius 1 is 1.50 bits per heavy atom. The second-order valence-electron chi connectivity index (χ2n) is 2.92. The molecule has 0 saturated heterocycles. The first-order valence-corrected chi connectivity index (χ1v) is 5.81. The second-order valence-corrected chi connectivity index (χ2v) is 3.66. The van der Waals surface area contributed by atoms with E-state index in [2.05, 4.69) is 25.0 Å². The van der Waals surface area contributed by atoms with Gasteiger partial charge < -0.3 is 0 Å². The van der Waals surface area contributed by atoms with Gasteiger partial charge in [0, 0.05) is 18.8 Å². The Labute approximate surface area is 91.7 Å². The van der Waals surface area contributed by atoms with Gasteiger partial charge in [0.2, 0.25) is 0 Å². The topological polar surface area (TPSA) is 29.3 Å². The molecule has 0 rings (SSSR count). The van der Waals surface area contributed by atoms with Crippen LogP contribution in [-0.2, 0) is 0 Å². The van der Waals surface area contributed by atoms with E-state index >= 15 is 0 Å². The van der Waals surface area contributed by atoms with E-state index in [4.69, 9.17) is 5.14 Å². The van der Waals surface area contributed by atoms with Crippen molar-refractivity contribution in [1.29, 1.82) is 0 Å². The SMILES string of the molecule is C=C/C=C(\C=C)CN(CC)CCSN. The lowest BCUT2D eigenvalue weighted by Crippen LogP contribution is -2.28. The van der Waals surface area contributed by atoms with E-state index in [1.165, 1.54) is 17.5 Å². The van der Waals surface area contributed by atoms with Crippen molar-refractivity contribution in [3.8, 4) is 0 Å². The third-order valence-corrected chi connectivity index (χ3v) is 2.39. The Hall–Kier alpha value is -0.510. The van der Waals surface area contributed by atoms with Gasteiger partial charge in [-0.3, -0.25) is 10.0 Å². The fourth-order valence-electron chi connectivity index (χ4n) is 1.13. The Morgan fingerprint density at radius 3 is 2.64 bits per heavy atom. The van der Waals surface area contributed by atoms with Crippen LogP contribution in [0.2, 0.25) is 0 Å². The Balaban J connectivity index is 4.06. The predicted octanol–water partition coefficient (Wildman–Crippen LogP) is 2.21. The maximum absolute atomic E-state index is 5.39. The summed E-state index contributed by atoms with van der Waals surface area (Å²) < 4.78 is 0. The average molecular weight is 212 g/mol. The van der Waals surface area contributed by atoms with Crippen LogP contribution in [0.3, 0.4) is 0 Å². The molecule has 0 aromatic carbocycles. The van der Waals surface area contributed by atoms with Crippen LogP contribution in [0.15, 0.2) is 37.0 Å². The Bertz CT molecular complexity index is 199. The van der Waals surface area contributed by atoms with Crippen molar-refractivity contribution in [3.63, 3.8) is 0 Å². The highest BCUT2D eigenvalue weighted by atomic mass is 32.2. The first-order valence-electron chi connectivity index (χ1n) is 4.76. The molecule has 0 aliphatic carbocycles. The molecule has 2 N–H and O–H groups in total. The van der Waals surface area contributed by atoms with E-state index in [-0.39, 0.29) is 0 Å². The smallest absolute Gasteiger partial charge is 0.0233 e. The lowest BCUT2D eigenvalue weighted by Gasteiger charge is -2.20. The van der Waals surface area contributed by atoms with Gasteiger partial charge in [-0.25, -0.2) is 0 Å².